The Labute approximate surface area is 92.5 Å². The second kappa shape index (κ2) is 3.62. The summed E-state index contributed by atoms with van der Waals surface area (Å²) in [7, 11) is 0. The third-order valence-electron chi connectivity index (χ3n) is 1.68. The van der Waals surface area contributed by atoms with E-state index in [2.05, 4.69) is 31.1 Å². The van der Waals surface area contributed by atoms with Crippen molar-refractivity contribution in [3.8, 4) is 11.4 Å². The molecule has 4 nitrogen and oxygen atoms in total. The topological polar surface area (TPSA) is 58.6 Å². The zero-order valence-corrected chi connectivity index (χ0v) is 9.65. The zero-order chi connectivity index (χ0) is 10.1. The van der Waals surface area contributed by atoms with E-state index in [4.69, 9.17) is 0 Å². The highest BCUT2D eigenvalue weighted by Crippen LogP contribution is 2.31. The molecule has 2 aromatic rings. The van der Waals surface area contributed by atoms with Gasteiger partial charge in [-0.25, -0.2) is 4.98 Å². The maximum absolute atomic E-state index is 10.7. The third-order valence-corrected chi connectivity index (χ3v) is 3.24. The Hall–Kier alpha value is -1.01. The van der Waals surface area contributed by atoms with Gasteiger partial charge in [0.05, 0.1) is 8.66 Å². The molecular formula is C8H6BrN3OS. The van der Waals surface area contributed by atoms with Gasteiger partial charge in [0.25, 0.3) is 0 Å². The monoisotopic (exact) mass is 271 g/mol. The molecule has 0 unspecified atom stereocenters. The molecule has 2 aromatic heterocycles. The molecule has 0 radical (unpaired) electrons. The number of thiophene rings is 1. The summed E-state index contributed by atoms with van der Waals surface area (Å²) >= 11 is 4.69. The van der Waals surface area contributed by atoms with E-state index in [1.165, 1.54) is 11.3 Å². The number of H-pyrrole nitrogens is 1. The van der Waals surface area contributed by atoms with Crippen molar-refractivity contribution in [1.29, 1.82) is 0 Å². The second-order valence-electron chi connectivity index (χ2n) is 2.69. The van der Waals surface area contributed by atoms with Crippen LogP contribution in [0, 0.1) is 6.92 Å². The van der Waals surface area contributed by atoms with Crippen LogP contribution in [0.25, 0.3) is 11.4 Å². The van der Waals surface area contributed by atoms with Gasteiger partial charge in [-0.05, 0) is 28.9 Å². The summed E-state index contributed by atoms with van der Waals surface area (Å²) in [4.78, 5) is 15.5. The minimum absolute atomic E-state index is 0.562. The number of carbonyl (C=O) groups excluding carboxylic acids is 1. The lowest BCUT2D eigenvalue weighted by atomic mass is 10.2. The quantitative estimate of drug-likeness (QED) is 0.854. The van der Waals surface area contributed by atoms with Gasteiger partial charge in [-0.1, -0.05) is 0 Å². The van der Waals surface area contributed by atoms with Gasteiger partial charge < -0.3 is 0 Å². The smallest absolute Gasteiger partial charge is 0.182 e. The lowest BCUT2D eigenvalue weighted by Crippen LogP contribution is -1.82. The van der Waals surface area contributed by atoms with Crippen LogP contribution < -0.4 is 0 Å². The first kappa shape index (κ1) is 9.54. The number of aldehydes is 1. The van der Waals surface area contributed by atoms with Crippen LogP contribution in [0.5, 0.6) is 0 Å². The number of rotatable bonds is 2. The molecule has 0 aliphatic rings. The van der Waals surface area contributed by atoms with Crippen molar-refractivity contribution in [3.63, 3.8) is 0 Å². The Morgan fingerprint density at radius 1 is 1.64 bits per heavy atom. The maximum atomic E-state index is 10.7. The Morgan fingerprint density at radius 2 is 2.43 bits per heavy atom. The molecule has 0 amide bonds. The van der Waals surface area contributed by atoms with Gasteiger partial charge in [0, 0.05) is 5.56 Å². The molecule has 0 aliphatic heterocycles. The zero-order valence-electron chi connectivity index (χ0n) is 7.24. The van der Waals surface area contributed by atoms with Gasteiger partial charge in [-0.15, -0.1) is 11.3 Å². The van der Waals surface area contributed by atoms with E-state index in [9.17, 15) is 4.79 Å². The largest absolute Gasteiger partial charge is 0.297 e. The van der Waals surface area contributed by atoms with E-state index >= 15 is 0 Å². The van der Waals surface area contributed by atoms with Crippen LogP contribution in [-0.2, 0) is 0 Å². The molecule has 1 N–H and O–H groups in total. The van der Waals surface area contributed by atoms with Crippen LogP contribution in [-0.4, -0.2) is 21.5 Å². The fraction of sp³-hybridized carbons (Fsp3) is 0.125. The van der Waals surface area contributed by atoms with Gasteiger partial charge in [-0.2, -0.15) is 5.10 Å². The first-order valence-electron chi connectivity index (χ1n) is 3.84. The van der Waals surface area contributed by atoms with Crippen LogP contribution >= 0.6 is 27.3 Å². The van der Waals surface area contributed by atoms with Crippen molar-refractivity contribution in [3.05, 3.63) is 20.6 Å². The standard InChI is InChI=1S/C8H6BrN3OS/c1-4-10-8(12-11-4)5-2-7(9)14-6(5)3-13/h2-3H,1H3,(H,10,11,12). The summed E-state index contributed by atoms with van der Waals surface area (Å²) in [5, 5.41) is 6.74. The normalized spacial score (nSPS) is 10.4. The molecular weight excluding hydrogens is 266 g/mol. The fourth-order valence-corrected chi connectivity index (χ4v) is 2.55. The van der Waals surface area contributed by atoms with Crippen LogP contribution in [0.15, 0.2) is 9.85 Å². The summed E-state index contributed by atoms with van der Waals surface area (Å²) in [6.07, 6.45) is 0.816. The molecule has 0 bridgehead atoms. The van der Waals surface area contributed by atoms with E-state index < -0.39 is 0 Å². The van der Waals surface area contributed by atoms with Gasteiger partial charge in [-0.3, -0.25) is 9.89 Å². The van der Waals surface area contributed by atoms with Crippen molar-refractivity contribution < 1.29 is 4.79 Å². The van der Waals surface area contributed by atoms with Gasteiger partial charge in [0.15, 0.2) is 12.1 Å². The van der Waals surface area contributed by atoms with Crippen molar-refractivity contribution in [1.82, 2.24) is 15.2 Å². The Morgan fingerprint density at radius 3 is 3.00 bits per heavy atom. The highest BCUT2D eigenvalue weighted by Gasteiger charge is 2.12. The van der Waals surface area contributed by atoms with Crippen LogP contribution in [0.3, 0.4) is 0 Å². The van der Waals surface area contributed by atoms with Crippen LogP contribution in [0.1, 0.15) is 15.5 Å². The lowest BCUT2D eigenvalue weighted by Gasteiger charge is -1.88. The molecule has 0 fully saturated rings. The second-order valence-corrected chi connectivity index (χ2v) is 5.15. The number of aromatic nitrogens is 3. The van der Waals surface area contributed by atoms with E-state index in [0.717, 1.165) is 21.5 Å². The number of aryl methyl sites for hydroxylation is 1. The molecule has 6 heteroatoms. The minimum atomic E-state index is 0.562. The van der Waals surface area contributed by atoms with Gasteiger partial charge >= 0.3 is 0 Å². The summed E-state index contributed by atoms with van der Waals surface area (Å²) in [5.41, 5.74) is 0.765. The summed E-state index contributed by atoms with van der Waals surface area (Å²) in [6.45, 7) is 1.82. The van der Waals surface area contributed by atoms with Crippen molar-refractivity contribution >= 4 is 33.6 Å². The molecule has 0 atom stereocenters. The predicted octanol–water partition coefficient (Wildman–Crippen LogP) is 2.42. The molecule has 0 spiro atoms. The third kappa shape index (κ3) is 1.62. The number of halogens is 1. The van der Waals surface area contributed by atoms with E-state index in [-0.39, 0.29) is 0 Å². The molecule has 0 saturated heterocycles. The van der Waals surface area contributed by atoms with Crippen LogP contribution in [0.2, 0.25) is 0 Å². The molecule has 0 aliphatic carbocycles. The van der Waals surface area contributed by atoms with Crippen LogP contribution in [0.4, 0.5) is 0 Å². The van der Waals surface area contributed by atoms with Crippen molar-refractivity contribution in [2.45, 2.75) is 6.92 Å². The average Bonchev–Trinajstić information content (AvgIpc) is 2.71. The van der Waals surface area contributed by atoms with E-state index in [0.29, 0.717) is 10.7 Å². The molecule has 2 rings (SSSR count). The number of aromatic amines is 1. The predicted molar refractivity (Wildman–Crippen MR) is 57.5 cm³/mol. The molecule has 72 valence electrons. The summed E-state index contributed by atoms with van der Waals surface area (Å²) < 4.78 is 0.900. The van der Waals surface area contributed by atoms with E-state index in [1.54, 1.807) is 0 Å². The number of hydrogen-bond acceptors (Lipinski definition) is 4. The highest BCUT2D eigenvalue weighted by molar-refractivity contribution is 9.11. The SMILES string of the molecule is Cc1nc(-c2cc(Br)sc2C=O)n[nH]1. The Kier molecular flexibility index (Phi) is 2.47. The van der Waals surface area contributed by atoms with E-state index in [1.807, 2.05) is 13.0 Å². The number of hydrogen-bond donors (Lipinski definition) is 1. The summed E-state index contributed by atoms with van der Waals surface area (Å²) in [6, 6.07) is 1.84. The summed E-state index contributed by atoms with van der Waals surface area (Å²) in [5.74, 6) is 1.30. The molecule has 2 heterocycles. The maximum Gasteiger partial charge on any atom is 0.182 e. The van der Waals surface area contributed by atoms with Crippen molar-refractivity contribution in [2.24, 2.45) is 0 Å². The highest BCUT2D eigenvalue weighted by atomic mass is 79.9. The van der Waals surface area contributed by atoms with Crippen molar-refractivity contribution in [2.75, 3.05) is 0 Å². The Bertz CT molecular complexity index is 477. The number of carbonyl (C=O) groups is 1. The molecule has 0 aromatic carbocycles. The average molecular weight is 272 g/mol. The first-order chi connectivity index (χ1) is 6.70. The minimum Gasteiger partial charge on any atom is -0.297 e. The lowest BCUT2D eigenvalue weighted by molar-refractivity contribution is 0.112. The molecule has 14 heavy (non-hydrogen) atoms. The van der Waals surface area contributed by atoms with Gasteiger partial charge in [0.1, 0.15) is 5.82 Å². The van der Waals surface area contributed by atoms with Gasteiger partial charge in [0.2, 0.25) is 0 Å². The fourth-order valence-electron chi connectivity index (χ4n) is 1.10. The molecule has 0 saturated carbocycles. The Balaban J connectivity index is 2.55. The first-order valence-corrected chi connectivity index (χ1v) is 5.45. The number of nitrogens with one attached hydrogen (secondary N) is 1. The number of nitrogens with zero attached hydrogens (tertiary/aromatic N) is 2.